The zero-order valence-corrected chi connectivity index (χ0v) is 16.6. The Kier molecular flexibility index (Phi) is 7.98. The van der Waals surface area contributed by atoms with E-state index in [0.717, 1.165) is 5.32 Å². The average Bonchev–Trinajstić information content (AvgIpc) is 2.72. The van der Waals surface area contributed by atoms with Crippen LogP contribution in [0.4, 0.5) is 74.6 Å². The fourth-order valence-electron chi connectivity index (χ4n) is 2.38. The molecule has 208 valence electrons. The molecule has 0 atom stereocenters. The number of rotatable bonds is 10. The van der Waals surface area contributed by atoms with E-state index in [4.69, 9.17) is 0 Å². The van der Waals surface area contributed by atoms with Gasteiger partial charge < -0.3 is 5.32 Å². The molecule has 2 nitrogen and oxygen atoms in total. The monoisotopic (exact) mass is 567 g/mol. The van der Waals surface area contributed by atoms with Crippen LogP contribution in [0.3, 0.4) is 0 Å². The highest BCUT2D eigenvalue weighted by molar-refractivity contribution is 5.84. The Labute approximate surface area is 188 Å². The number of carbonyl (C=O) groups excluding carboxylic acids is 1. The number of hydrogen-bond donors (Lipinski definition) is 1. The van der Waals surface area contributed by atoms with Crippen molar-refractivity contribution >= 4 is 5.91 Å². The first-order chi connectivity index (χ1) is 15.7. The Morgan fingerprint density at radius 2 is 0.917 bits per heavy atom. The molecule has 0 unspecified atom stereocenters. The lowest BCUT2D eigenvalue weighted by Gasteiger charge is -2.42. The van der Waals surface area contributed by atoms with Crippen LogP contribution in [0.15, 0.2) is 30.3 Å². The quantitative estimate of drug-likeness (QED) is 0.328. The third kappa shape index (κ3) is 4.52. The van der Waals surface area contributed by atoms with Crippen LogP contribution in [-0.2, 0) is 11.2 Å². The van der Waals surface area contributed by atoms with Gasteiger partial charge in [0.15, 0.2) is 0 Å². The van der Waals surface area contributed by atoms with Crippen molar-refractivity contribution in [1.82, 2.24) is 5.32 Å². The lowest BCUT2D eigenvalue weighted by molar-refractivity contribution is -0.459. The second-order valence-corrected chi connectivity index (χ2v) is 7.01. The standard InChI is InChI=1S/C17H10F17NO/c18-10(19,9(36)35-7-6-8-4-2-1-3-5-8)11(20,21)12(22,23)13(24,25)14(26,27)15(28,29)16(30,31)17(32,33)34/h1-5H,6-7H2,(H,35,36). The first-order valence-corrected chi connectivity index (χ1v) is 8.78. The first-order valence-electron chi connectivity index (χ1n) is 8.78. The maximum absolute atomic E-state index is 13.7. The van der Waals surface area contributed by atoms with E-state index < -0.39 is 66.5 Å². The highest BCUT2D eigenvalue weighted by atomic mass is 19.4. The Morgan fingerprint density at radius 1 is 0.556 bits per heavy atom. The summed E-state index contributed by atoms with van der Waals surface area (Å²) in [5.41, 5.74) is 0.206. The molecule has 0 radical (unpaired) electrons. The van der Waals surface area contributed by atoms with Gasteiger partial charge in [-0.05, 0) is 12.0 Å². The number of amides is 1. The fraction of sp³-hybridized carbons (Fsp3) is 0.588. The van der Waals surface area contributed by atoms with E-state index in [9.17, 15) is 79.4 Å². The fourth-order valence-corrected chi connectivity index (χ4v) is 2.38. The summed E-state index contributed by atoms with van der Waals surface area (Å²) in [5, 5.41) is 0.863. The number of alkyl halides is 17. The molecule has 0 spiro atoms. The van der Waals surface area contributed by atoms with Crippen LogP contribution >= 0.6 is 0 Å². The molecule has 0 fully saturated rings. The molecule has 19 heteroatoms. The lowest BCUT2D eigenvalue weighted by atomic mass is 9.89. The molecule has 1 aromatic rings. The second kappa shape index (κ2) is 9.11. The second-order valence-electron chi connectivity index (χ2n) is 7.01. The molecule has 0 saturated heterocycles. The van der Waals surface area contributed by atoms with Crippen molar-refractivity contribution in [2.75, 3.05) is 6.54 Å². The minimum absolute atomic E-state index is 0.206. The maximum atomic E-state index is 13.7. The van der Waals surface area contributed by atoms with Crippen molar-refractivity contribution in [3.8, 4) is 0 Å². The molecule has 1 aromatic carbocycles. The number of benzene rings is 1. The summed E-state index contributed by atoms with van der Waals surface area (Å²) >= 11 is 0. The summed E-state index contributed by atoms with van der Waals surface area (Å²) in [7, 11) is 0. The number of carbonyl (C=O) groups is 1. The largest absolute Gasteiger partial charge is 0.460 e. The van der Waals surface area contributed by atoms with Gasteiger partial charge in [0.1, 0.15) is 0 Å². The topological polar surface area (TPSA) is 29.1 Å². The molecule has 0 aliphatic carbocycles. The molecule has 1 N–H and O–H groups in total. The highest BCUT2D eigenvalue weighted by Crippen LogP contribution is 2.63. The number of hydrogen-bond acceptors (Lipinski definition) is 1. The zero-order chi connectivity index (χ0) is 28.8. The molecule has 0 bridgehead atoms. The van der Waals surface area contributed by atoms with E-state index in [1.807, 2.05) is 0 Å². The van der Waals surface area contributed by atoms with Crippen LogP contribution in [0, 0.1) is 0 Å². The smallest absolute Gasteiger partial charge is 0.350 e. The zero-order valence-electron chi connectivity index (χ0n) is 16.6. The van der Waals surface area contributed by atoms with Crippen LogP contribution in [0.25, 0.3) is 0 Å². The minimum atomic E-state index is -8.73. The van der Waals surface area contributed by atoms with Crippen LogP contribution < -0.4 is 5.32 Å². The van der Waals surface area contributed by atoms with Gasteiger partial charge in [-0.2, -0.15) is 74.6 Å². The van der Waals surface area contributed by atoms with Gasteiger partial charge in [-0.25, -0.2) is 0 Å². The SMILES string of the molecule is O=C(NCCc1ccccc1)C(F)(F)C(F)(F)C(F)(F)C(F)(F)C(F)(F)C(F)(F)C(F)(F)C(F)(F)F. The molecule has 0 aliphatic heterocycles. The molecule has 1 rings (SSSR count). The summed E-state index contributed by atoms with van der Waals surface area (Å²) in [6, 6.07) is 6.67. The summed E-state index contributed by atoms with van der Waals surface area (Å²) in [6.07, 6.45) is -8.30. The van der Waals surface area contributed by atoms with Gasteiger partial charge in [0, 0.05) is 6.54 Å². The number of nitrogens with one attached hydrogen (secondary N) is 1. The van der Waals surface area contributed by atoms with Crippen molar-refractivity contribution in [2.45, 2.75) is 54.1 Å². The molecular weight excluding hydrogens is 557 g/mol. The Bertz CT molecular complexity index is 923. The van der Waals surface area contributed by atoms with Crippen molar-refractivity contribution in [3.05, 3.63) is 35.9 Å². The highest BCUT2D eigenvalue weighted by Gasteiger charge is 2.95. The molecule has 0 saturated carbocycles. The lowest BCUT2D eigenvalue weighted by Crippen LogP contribution is -2.75. The predicted molar refractivity (Wildman–Crippen MR) is 83.8 cm³/mol. The summed E-state index contributed by atoms with van der Waals surface area (Å²) < 4.78 is 224. The van der Waals surface area contributed by atoms with Crippen LogP contribution in [0.5, 0.6) is 0 Å². The van der Waals surface area contributed by atoms with E-state index in [2.05, 4.69) is 0 Å². The van der Waals surface area contributed by atoms with Crippen LogP contribution in [0.2, 0.25) is 0 Å². The van der Waals surface area contributed by atoms with Crippen LogP contribution in [0.1, 0.15) is 5.56 Å². The van der Waals surface area contributed by atoms with E-state index >= 15 is 0 Å². The minimum Gasteiger partial charge on any atom is -0.350 e. The average molecular weight is 567 g/mol. The van der Waals surface area contributed by atoms with E-state index in [0.29, 0.717) is 0 Å². The summed E-state index contributed by atoms with van der Waals surface area (Å²) in [6.45, 7) is -1.08. The van der Waals surface area contributed by atoms with Gasteiger partial charge in [0.25, 0.3) is 5.91 Å². The number of halogens is 17. The van der Waals surface area contributed by atoms with Crippen molar-refractivity contribution < 1.29 is 79.4 Å². The van der Waals surface area contributed by atoms with Gasteiger partial charge >= 0.3 is 47.6 Å². The molecule has 0 heterocycles. The van der Waals surface area contributed by atoms with Gasteiger partial charge in [0.2, 0.25) is 0 Å². The molecule has 1 amide bonds. The summed E-state index contributed by atoms with van der Waals surface area (Å²) in [5.74, 6) is -61.4. The molecule has 0 aromatic heterocycles. The predicted octanol–water partition coefficient (Wildman–Crippen LogP) is 6.35. The molecule has 0 aliphatic rings. The maximum Gasteiger partial charge on any atom is 0.460 e. The van der Waals surface area contributed by atoms with E-state index in [1.165, 1.54) is 30.3 Å². The van der Waals surface area contributed by atoms with Gasteiger partial charge in [-0.15, -0.1) is 0 Å². The van der Waals surface area contributed by atoms with Crippen LogP contribution in [-0.4, -0.2) is 60.1 Å². The Balaban J connectivity index is 3.37. The molecular formula is C17H10F17NO. The normalized spacial score (nSPS) is 15.1. The third-order valence-corrected chi connectivity index (χ3v) is 4.55. The molecule has 36 heavy (non-hydrogen) atoms. The van der Waals surface area contributed by atoms with Gasteiger partial charge in [0.05, 0.1) is 0 Å². The Morgan fingerprint density at radius 3 is 1.31 bits per heavy atom. The van der Waals surface area contributed by atoms with Gasteiger partial charge in [-0.3, -0.25) is 4.79 Å². The van der Waals surface area contributed by atoms with Crippen molar-refractivity contribution in [1.29, 1.82) is 0 Å². The van der Waals surface area contributed by atoms with E-state index in [-0.39, 0.29) is 5.56 Å². The summed E-state index contributed by atoms with van der Waals surface area (Å²) in [4.78, 5) is 11.3. The van der Waals surface area contributed by atoms with Crippen molar-refractivity contribution in [3.63, 3.8) is 0 Å². The first kappa shape index (κ1) is 31.5. The van der Waals surface area contributed by atoms with Crippen molar-refractivity contribution in [2.24, 2.45) is 0 Å². The van der Waals surface area contributed by atoms with E-state index in [1.54, 1.807) is 0 Å². The van der Waals surface area contributed by atoms with Gasteiger partial charge in [-0.1, -0.05) is 30.3 Å². The third-order valence-electron chi connectivity index (χ3n) is 4.55. The Hall–Kier alpha value is -2.50.